The van der Waals surface area contributed by atoms with Gasteiger partial charge in [-0.2, -0.15) is 13.2 Å². The first-order valence-electron chi connectivity index (χ1n) is 3.89. The molecule has 0 atom stereocenters. The average Bonchev–Trinajstić information content (AvgIpc) is 2.06. The number of anilines is 1. The molecule has 0 radical (unpaired) electrons. The SMILES string of the molecule is FC(F)(F)CCNc1ccc(Cl)cn1. The summed E-state index contributed by atoms with van der Waals surface area (Å²) in [6.07, 6.45) is -3.64. The Hall–Kier alpha value is -0.970. The average molecular weight is 225 g/mol. The number of pyridine rings is 1. The van der Waals surface area contributed by atoms with E-state index in [1.54, 1.807) is 6.07 Å². The van der Waals surface area contributed by atoms with Gasteiger partial charge in [0, 0.05) is 12.7 Å². The van der Waals surface area contributed by atoms with Crippen molar-refractivity contribution in [3.8, 4) is 0 Å². The number of alkyl halides is 3. The van der Waals surface area contributed by atoms with Crippen LogP contribution in [-0.2, 0) is 0 Å². The highest BCUT2D eigenvalue weighted by Gasteiger charge is 2.26. The molecular formula is C8H8ClF3N2. The number of hydrogen-bond acceptors (Lipinski definition) is 2. The van der Waals surface area contributed by atoms with Crippen molar-refractivity contribution in [3.05, 3.63) is 23.4 Å². The second kappa shape index (κ2) is 4.50. The van der Waals surface area contributed by atoms with Crippen LogP contribution in [0.3, 0.4) is 0 Å². The molecule has 1 aromatic heterocycles. The van der Waals surface area contributed by atoms with Crippen LogP contribution in [-0.4, -0.2) is 17.7 Å². The Labute approximate surface area is 84.1 Å². The van der Waals surface area contributed by atoms with Crippen molar-refractivity contribution >= 4 is 17.4 Å². The third-order valence-electron chi connectivity index (χ3n) is 1.44. The highest BCUT2D eigenvalue weighted by molar-refractivity contribution is 6.30. The monoisotopic (exact) mass is 224 g/mol. The Bertz CT molecular complexity index is 284. The number of halogens is 4. The van der Waals surface area contributed by atoms with Crippen LogP contribution in [0.25, 0.3) is 0 Å². The molecule has 14 heavy (non-hydrogen) atoms. The van der Waals surface area contributed by atoms with E-state index in [4.69, 9.17) is 11.6 Å². The van der Waals surface area contributed by atoms with E-state index in [-0.39, 0.29) is 6.54 Å². The summed E-state index contributed by atoms with van der Waals surface area (Å²) < 4.78 is 35.2. The molecule has 0 amide bonds. The van der Waals surface area contributed by atoms with E-state index in [9.17, 15) is 13.2 Å². The van der Waals surface area contributed by atoms with E-state index in [0.29, 0.717) is 10.8 Å². The molecule has 0 bridgehead atoms. The van der Waals surface area contributed by atoms with Gasteiger partial charge in [-0.25, -0.2) is 4.98 Å². The molecule has 2 nitrogen and oxygen atoms in total. The third-order valence-corrected chi connectivity index (χ3v) is 1.67. The zero-order valence-corrected chi connectivity index (χ0v) is 7.86. The molecule has 0 unspecified atom stereocenters. The maximum Gasteiger partial charge on any atom is 0.390 e. The number of aromatic nitrogens is 1. The molecule has 0 fully saturated rings. The van der Waals surface area contributed by atoms with Crippen LogP contribution in [0.2, 0.25) is 5.02 Å². The van der Waals surface area contributed by atoms with Gasteiger partial charge in [-0.3, -0.25) is 0 Å². The Morgan fingerprint density at radius 1 is 1.36 bits per heavy atom. The molecule has 1 N–H and O–H groups in total. The minimum atomic E-state index is -4.14. The van der Waals surface area contributed by atoms with Crippen LogP contribution in [0.1, 0.15) is 6.42 Å². The molecule has 0 aliphatic heterocycles. The van der Waals surface area contributed by atoms with Gasteiger partial charge >= 0.3 is 6.18 Å². The summed E-state index contributed by atoms with van der Waals surface area (Å²) in [5.41, 5.74) is 0. The summed E-state index contributed by atoms with van der Waals surface area (Å²) in [6, 6.07) is 3.09. The molecule has 0 saturated heterocycles. The van der Waals surface area contributed by atoms with Crippen LogP contribution in [0.5, 0.6) is 0 Å². The quantitative estimate of drug-likeness (QED) is 0.854. The first-order chi connectivity index (χ1) is 6.47. The minimum Gasteiger partial charge on any atom is -0.370 e. The summed E-state index contributed by atoms with van der Waals surface area (Å²) in [4.78, 5) is 3.79. The molecule has 0 saturated carbocycles. The Balaban J connectivity index is 2.35. The van der Waals surface area contributed by atoms with Gasteiger partial charge in [-0.1, -0.05) is 11.6 Å². The molecule has 1 heterocycles. The summed E-state index contributed by atoms with van der Waals surface area (Å²) in [6.45, 7) is -0.182. The number of nitrogens with zero attached hydrogens (tertiary/aromatic N) is 1. The van der Waals surface area contributed by atoms with Crippen LogP contribution in [0, 0.1) is 0 Å². The zero-order chi connectivity index (χ0) is 10.6. The lowest BCUT2D eigenvalue weighted by atomic mass is 10.4. The van der Waals surface area contributed by atoms with Gasteiger partial charge in [-0.05, 0) is 12.1 Å². The van der Waals surface area contributed by atoms with E-state index in [0.717, 1.165) is 0 Å². The smallest absolute Gasteiger partial charge is 0.370 e. The highest BCUT2D eigenvalue weighted by atomic mass is 35.5. The fraction of sp³-hybridized carbons (Fsp3) is 0.375. The van der Waals surface area contributed by atoms with E-state index in [2.05, 4.69) is 10.3 Å². The molecule has 6 heteroatoms. The summed E-state index contributed by atoms with van der Waals surface area (Å²) in [7, 11) is 0. The zero-order valence-electron chi connectivity index (χ0n) is 7.11. The fourth-order valence-corrected chi connectivity index (χ4v) is 0.924. The largest absolute Gasteiger partial charge is 0.390 e. The molecule has 0 aliphatic rings. The van der Waals surface area contributed by atoms with Gasteiger partial charge in [-0.15, -0.1) is 0 Å². The lowest BCUT2D eigenvalue weighted by molar-refractivity contribution is -0.131. The van der Waals surface area contributed by atoms with Crippen molar-refractivity contribution in [2.45, 2.75) is 12.6 Å². The van der Waals surface area contributed by atoms with Crippen molar-refractivity contribution in [3.63, 3.8) is 0 Å². The minimum absolute atomic E-state index is 0.182. The number of rotatable bonds is 3. The molecule has 1 aromatic rings. The standard InChI is InChI=1S/C8H8ClF3N2/c9-6-1-2-7(14-5-6)13-4-3-8(10,11)12/h1-2,5H,3-4H2,(H,13,14). The first kappa shape index (κ1) is 11.1. The predicted octanol–water partition coefficient (Wildman–Crippen LogP) is 3.10. The number of hydrogen-bond donors (Lipinski definition) is 1. The van der Waals surface area contributed by atoms with Crippen LogP contribution in [0.4, 0.5) is 19.0 Å². The highest BCUT2D eigenvalue weighted by Crippen LogP contribution is 2.19. The topological polar surface area (TPSA) is 24.9 Å². The van der Waals surface area contributed by atoms with Gasteiger partial charge in [0.1, 0.15) is 5.82 Å². The van der Waals surface area contributed by atoms with Crippen molar-refractivity contribution in [1.82, 2.24) is 4.98 Å². The maximum atomic E-state index is 11.7. The second-order valence-corrected chi connectivity index (χ2v) is 3.09. The van der Waals surface area contributed by atoms with Crippen molar-refractivity contribution in [1.29, 1.82) is 0 Å². The van der Waals surface area contributed by atoms with Gasteiger partial charge in [0.25, 0.3) is 0 Å². The molecule has 78 valence electrons. The molecule has 1 rings (SSSR count). The normalized spacial score (nSPS) is 11.4. The molecular weight excluding hydrogens is 217 g/mol. The summed E-state index contributed by atoms with van der Waals surface area (Å²) >= 11 is 5.55. The van der Waals surface area contributed by atoms with E-state index in [1.165, 1.54) is 12.3 Å². The maximum absolute atomic E-state index is 11.7. The third kappa shape index (κ3) is 4.32. The van der Waals surface area contributed by atoms with E-state index in [1.807, 2.05) is 0 Å². The van der Waals surface area contributed by atoms with E-state index < -0.39 is 12.6 Å². The molecule has 0 spiro atoms. The second-order valence-electron chi connectivity index (χ2n) is 2.65. The number of nitrogens with one attached hydrogen (secondary N) is 1. The van der Waals surface area contributed by atoms with Gasteiger partial charge in [0.2, 0.25) is 0 Å². The van der Waals surface area contributed by atoms with Gasteiger partial charge in [0.05, 0.1) is 11.4 Å². The van der Waals surface area contributed by atoms with Crippen molar-refractivity contribution < 1.29 is 13.2 Å². The predicted molar refractivity (Wildman–Crippen MR) is 48.4 cm³/mol. The molecule has 0 aromatic carbocycles. The Morgan fingerprint density at radius 3 is 2.57 bits per heavy atom. The van der Waals surface area contributed by atoms with Crippen LogP contribution >= 0.6 is 11.6 Å². The van der Waals surface area contributed by atoms with Crippen molar-refractivity contribution in [2.75, 3.05) is 11.9 Å². The lowest BCUT2D eigenvalue weighted by Crippen LogP contribution is -2.14. The van der Waals surface area contributed by atoms with Gasteiger partial charge in [0.15, 0.2) is 0 Å². The summed E-state index contributed by atoms with van der Waals surface area (Å²) in [5.74, 6) is 0.388. The fourth-order valence-electron chi connectivity index (χ4n) is 0.813. The van der Waals surface area contributed by atoms with Crippen LogP contribution < -0.4 is 5.32 Å². The lowest BCUT2D eigenvalue weighted by Gasteiger charge is -2.07. The first-order valence-corrected chi connectivity index (χ1v) is 4.27. The van der Waals surface area contributed by atoms with Gasteiger partial charge < -0.3 is 5.32 Å². The Kier molecular flexibility index (Phi) is 3.57. The van der Waals surface area contributed by atoms with E-state index >= 15 is 0 Å². The van der Waals surface area contributed by atoms with Crippen LogP contribution in [0.15, 0.2) is 18.3 Å². The summed E-state index contributed by atoms with van der Waals surface area (Å²) in [5, 5.41) is 2.99. The Morgan fingerprint density at radius 2 is 2.07 bits per heavy atom. The van der Waals surface area contributed by atoms with Crippen molar-refractivity contribution in [2.24, 2.45) is 0 Å². The molecule has 0 aliphatic carbocycles.